The Morgan fingerprint density at radius 2 is 1.79 bits per heavy atom. The maximum atomic E-state index is 12.5. The van der Waals surface area contributed by atoms with Crippen LogP contribution in [0.15, 0.2) is 0 Å². The van der Waals surface area contributed by atoms with E-state index in [9.17, 15) is 9.59 Å². The van der Waals surface area contributed by atoms with Gasteiger partial charge in [0.1, 0.15) is 6.10 Å². The molecule has 188 valence electrons. The van der Waals surface area contributed by atoms with E-state index < -0.39 is 0 Å². The third-order valence-electron chi connectivity index (χ3n) is 9.40. The number of hydrogen-bond donors (Lipinski definition) is 0. The fourth-order valence-corrected chi connectivity index (χ4v) is 7.33. The van der Waals surface area contributed by atoms with E-state index >= 15 is 0 Å². The van der Waals surface area contributed by atoms with Gasteiger partial charge in [0.25, 0.3) is 0 Å². The Bertz CT molecular complexity index is 695. The van der Waals surface area contributed by atoms with Gasteiger partial charge in [-0.1, -0.05) is 34.6 Å². The zero-order chi connectivity index (χ0) is 23.8. The molecule has 4 aliphatic rings. The van der Waals surface area contributed by atoms with Crippen molar-refractivity contribution in [3.8, 4) is 0 Å². The first kappa shape index (κ1) is 25.0. The number of esters is 2. The van der Waals surface area contributed by atoms with Crippen molar-refractivity contribution in [3.63, 3.8) is 0 Å². The molecule has 0 aliphatic heterocycles. The molecule has 0 aromatic carbocycles. The minimum Gasteiger partial charge on any atom is -0.462 e. The maximum Gasteiger partial charge on any atom is 0.310 e. The largest absolute Gasteiger partial charge is 0.462 e. The molecule has 4 fully saturated rings. The van der Waals surface area contributed by atoms with Gasteiger partial charge in [0.05, 0.1) is 12.0 Å². The molecule has 0 saturated heterocycles. The lowest BCUT2D eigenvalue weighted by Gasteiger charge is -2.34. The predicted molar refractivity (Wildman–Crippen MR) is 127 cm³/mol. The number of fused-ring (bicyclic) bond motifs is 4. The van der Waals surface area contributed by atoms with Crippen LogP contribution in [-0.2, 0) is 23.8 Å². The van der Waals surface area contributed by atoms with Gasteiger partial charge in [0, 0.05) is 6.42 Å². The second-order valence-corrected chi connectivity index (χ2v) is 12.9. The summed E-state index contributed by atoms with van der Waals surface area (Å²) in [6, 6.07) is 0. The Balaban J connectivity index is 1.13. The van der Waals surface area contributed by atoms with E-state index in [0.717, 1.165) is 38.0 Å². The SMILES string of the molecule is CC(CCC1C2CC(OC(=O)CCC(C)(C)C)C(C2)C1C)C(=O)OCOC1CC2CCC1C2. The fourth-order valence-electron chi connectivity index (χ4n) is 7.33. The molecule has 0 N–H and O–H groups in total. The molecular weight excluding hydrogens is 416 g/mol. The summed E-state index contributed by atoms with van der Waals surface area (Å²) in [6.45, 7) is 10.9. The topological polar surface area (TPSA) is 61.8 Å². The summed E-state index contributed by atoms with van der Waals surface area (Å²) in [5, 5.41) is 0. The molecule has 9 unspecified atom stereocenters. The van der Waals surface area contributed by atoms with Crippen molar-refractivity contribution >= 4 is 11.9 Å². The summed E-state index contributed by atoms with van der Waals surface area (Å²) in [4.78, 5) is 24.8. The van der Waals surface area contributed by atoms with Crippen molar-refractivity contribution in [3.05, 3.63) is 0 Å². The number of rotatable bonds is 10. The quantitative estimate of drug-likeness (QED) is 0.288. The second-order valence-electron chi connectivity index (χ2n) is 12.9. The van der Waals surface area contributed by atoms with E-state index in [4.69, 9.17) is 14.2 Å². The highest BCUT2D eigenvalue weighted by Crippen LogP contribution is 2.55. The Labute approximate surface area is 200 Å². The average molecular weight is 463 g/mol. The summed E-state index contributed by atoms with van der Waals surface area (Å²) in [5.41, 5.74) is 0.159. The van der Waals surface area contributed by atoms with E-state index in [1.54, 1.807) is 0 Å². The standard InChI is InChI=1S/C28H46O5/c1-17(27(30)32-16-31-24-13-19-7-8-20(24)12-19)6-9-22-18(2)23-14-21(22)15-25(23)33-26(29)10-11-28(3,4)5/h17-25H,6-16H2,1-5H3. The van der Waals surface area contributed by atoms with Crippen molar-refractivity contribution in [1.29, 1.82) is 0 Å². The summed E-state index contributed by atoms with van der Waals surface area (Å²) in [5.74, 6) is 3.55. The van der Waals surface area contributed by atoms with Crippen LogP contribution < -0.4 is 0 Å². The van der Waals surface area contributed by atoms with Crippen molar-refractivity contribution in [1.82, 2.24) is 0 Å². The number of carbonyl (C=O) groups is 2. The van der Waals surface area contributed by atoms with Crippen molar-refractivity contribution < 1.29 is 23.8 Å². The molecule has 4 saturated carbocycles. The molecule has 0 heterocycles. The van der Waals surface area contributed by atoms with Crippen LogP contribution in [0.25, 0.3) is 0 Å². The van der Waals surface area contributed by atoms with Gasteiger partial charge in [-0.3, -0.25) is 9.59 Å². The maximum absolute atomic E-state index is 12.5. The first-order chi connectivity index (χ1) is 15.6. The highest BCUT2D eigenvalue weighted by atomic mass is 16.7. The molecule has 0 aromatic rings. The van der Waals surface area contributed by atoms with E-state index in [1.165, 1.54) is 25.7 Å². The first-order valence-electron chi connectivity index (χ1n) is 13.6. The van der Waals surface area contributed by atoms with Gasteiger partial charge >= 0.3 is 11.9 Å². The van der Waals surface area contributed by atoms with E-state index in [1.807, 2.05) is 6.92 Å². The Morgan fingerprint density at radius 3 is 2.42 bits per heavy atom. The molecule has 33 heavy (non-hydrogen) atoms. The second kappa shape index (κ2) is 10.3. The molecule has 4 bridgehead atoms. The van der Waals surface area contributed by atoms with Crippen LogP contribution in [0.4, 0.5) is 0 Å². The Kier molecular flexibility index (Phi) is 7.77. The molecule has 5 heteroatoms. The summed E-state index contributed by atoms with van der Waals surface area (Å²) >= 11 is 0. The van der Waals surface area contributed by atoms with Crippen molar-refractivity contribution in [2.75, 3.05) is 6.79 Å². The van der Waals surface area contributed by atoms with E-state index in [-0.39, 0.29) is 36.2 Å². The lowest BCUT2D eigenvalue weighted by Crippen LogP contribution is -2.33. The summed E-state index contributed by atoms with van der Waals surface area (Å²) in [6.07, 6.45) is 10.9. The van der Waals surface area contributed by atoms with Crippen LogP contribution in [-0.4, -0.2) is 30.9 Å². The minimum atomic E-state index is -0.125. The fraction of sp³-hybridized carbons (Fsp3) is 0.929. The molecule has 0 aromatic heterocycles. The molecule has 0 amide bonds. The lowest BCUT2D eigenvalue weighted by atomic mass is 9.76. The van der Waals surface area contributed by atoms with Gasteiger partial charge in [-0.05, 0) is 98.7 Å². The van der Waals surface area contributed by atoms with Crippen LogP contribution >= 0.6 is 0 Å². The third kappa shape index (κ3) is 6.13. The zero-order valence-corrected chi connectivity index (χ0v) is 21.5. The molecule has 4 aliphatic carbocycles. The predicted octanol–water partition coefficient (Wildman–Crippen LogP) is 6.14. The minimum absolute atomic E-state index is 0.0322. The number of ether oxygens (including phenoxy) is 3. The van der Waals surface area contributed by atoms with Crippen molar-refractivity contribution in [2.45, 2.75) is 111 Å². The van der Waals surface area contributed by atoms with Crippen LogP contribution in [0.2, 0.25) is 0 Å². The molecule has 0 radical (unpaired) electrons. The van der Waals surface area contributed by atoms with Crippen molar-refractivity contribution in [2.24, 2.45) is 46.8 Å². The highest BCUT2D eigenvalue weighted by Gasteiger charge is 2.51. The van der Waals surface area contributed by atoms with Crippen LogP contribution in [0.1, 0.15) is 98.8 Å². The van der Waals surface area contributed by atoms with Gasteiger partial charge in [-0.25, -0.2) is 0 Å². The van der Waals surface area contributed by atoms with Crippen LogP contribution in [0.3, 0.4) is 0 Å². The van der Waals surface area contributed by atoms with Gasteiger partial charge in [-0.15, -0.1) is 0 Å². The van der Waals surface area contributed by atoms with E-state index in [2.05, 4.69) is 27.7 Å². The monoisotopic (exact) mass is 462 g/mol. The smallest absolute Gasteiger partial charge is 0.310 e. The lowest BCUT2D eigenvalue weighted by molar-refractivity contribution is -0.168. The first-order valence-corrected chi connectivity index (χ1v) is 13.6. The molecule has 5 nitrogen and oxygen atoms in total. The van der Waals surface area contributed by atoms with Gasteiger partial charge in [0.15, 0.2) is 6.79 Å². The Hall–Kier alpha value is -1.10. The van der Waals surface area contributed by atoms with Gasteiger partial charge in [-0.2, -0.15) is 0 Å². The average Bonchev–Trinajstić information content (AvgIpc) is 3.51. The molecule has 0 spiro atoms. The highest BCUT2D eigenvalue weighted by molar-refractivity contribution is 5.71. The molecular formula is C28H46O5. The zero-order valence-electron chi connectivity index (χ0n) is 21.5. The molecule has 9 atom stereocenters. The number of carbonyl (C=O) groups excluding carboxylic acids is 2. The van der Waals surface area contributed by atoms with Crippen LogP contribution in [0, 0.1) is 46.8 Å². The van der Waals surface area contributed by atoms with Gasteiger partial charge < -0.3 is 14.2 Å². The summed E-state index contributed by atoms with van der Waals surface area (Å²) < 4.78 is 17.3. The summed E-state index contributed by atoms with van der Waals surface area (Å²) in [7, 11) is 0. The van der Waals surface area contributed by atoms with E-state index in [0.29, 0.717) is 42.1 Å². The normalized spacial score (nSPS) is 38.0. The van der Waals surface area contributed by atoms with Crippen LogP contribution in [0.5, 0.6) is 0 Å². The third-order valence-corrected chi connectivity index (χ3v) is 9.40. The number of hydrogen-bond acceptors (Lipinski definition) is 5. The van der Waals surface area contributed by atoms with Gasteiger partial charge in [0.2, 0.25) is 0 Å². The Morgan fingerprint density at radius 1 is 1.00 bits per heavy atom. The molecule has 4 rings (SSSR count).